The lowest BCUT2D eigenvalue weighted by Crippen LogP contribution is -2.16. The van der Waals surface area contributed by atoms with Gasteiger partial charge in [-0.05, 0) is 47.2 Å². The smallest absolute Gasteiger partial charge is 0.247 e. The number of hydrogen-bond donors (Lipinski definition) is 0. The largest absolute Gasteiger partial charge is 0.370 e. The minimum Gasteiger partial charge on any atom is -0.370 e. The molecular weight excluding hydrogens is 526 g/mol. The molecule has 2 aromatic carbocycles. The van der Waals surface area contributed by atoms with E-state index in [0.717, 1.165) is 47.7 Å². The van der Waals surface area contributed by atoms with Crippen molar-refractivity contribution in [3.8, 4) is 0 Å². The maximum absolute atomic E-state index is 10.9. The molecule has 0 aliphatic carbocycles. The lowest BCUT2D eigenvalue weighted by molar-refractivity contribution is 0.0701. The topological polar surface area (TPSA) is 57.0 Å². The predicted molar refractivity (Wildman–Crippen MR) is 147 cm³/mol. The Hall–Kier alpha value is -3.12. The Bertz CT molecular complexity index is 1490. The van der Waals surface area contributed by atoms with Crippen molar-refractivity contribution >= 4 is 51.8 Å². The molecule has 37 heavy (non-hydrogen) atoms. The van der Waals surface area contributed by atoms with E-state index in [-0.39, 0.29) is 12.2 Å². The van der Waals surface area contributed by atoms with Crippen molar-refractivity contribution in [3.05, 3.63) is 120 Å². The first-order valence-electron chi connectivity index (χ1n) is 11.7. The van der Waals surface area contributed by atoms with Crippen LogP contribution in [0.5, 0.6) is 0 Å². The number of carbonyl (C=O) groups is 2. The molecule has 2 atom stereocenters. The molecule has 2 unspecified atom stereocenters. The SMILES string of the molecule is O=Cc1cc(C2OCCc3ccccc32)c(Cl)s1.[C-]#[N+]c1sc(C=O)cc1C1OCCc2ccccc21. The lowest BCUT2D eigenvalue weighted by atomic mass is 9.94. The van der Waals surface area contributed by atoms with Gasteiger partial charge in [0.2, 0.25) is 5.00 Å². The second-order valence-corrected chi connectivity index (χ2v) is 11.3. The van der Waals surface area contributed by atoms with Crippen LogP contribution in [0, 0.1) is 6.57 Å². The van der Waals surface area contributed by atoms with Crippen molar-refractivity contribution in [1.82, 2.24) is 0 Å². The number of hydrogen-bond acceptors (Lipinski definition) is 6. The first kappa shape index (κ1) is 25.5. The van der Waals surface area contributed by atoms with Crippen molar-refractivity contribution < 1.29 is 19.1 Å². The van der Waals surface area contributed by atoms with E-state index >= 15 is 0 Å². The molecule has 0 fully saturated rings. The van der Waals surface area contributed by atoms with Crippen molar-refractivity contribution in [1.29, 1.82) is 0 Å². The van der Waals surface area contributed by atoms with E-state index in [1.807, 2.05) is 36.4 Å². The summed E-state index contributed by atoms with van der Waals surface area (Å²) >= 11 is 8.73. The number of carbonyl (C=O) groups excluding carboxylic acids is 2. The summed E-state index contributed by atoms with van der Waals surface area (Å²) in [5, 5.41) is 0.545. The van der Waals surface area contributed by atoms with Crippen molar-refractivity contribution in [2.75, 3.05) is 13.2 Å². The molecule has 8 heteroatoms. The van der Waals surface area contributed by atoms with E-state index in [1.165, 1.54) is 33.8 Å². The van der Waals surface area contributed by atoms with Crippen molar-refractivity contribution in [2.45, 2.75) is 25.0 Å². The maximum Gasteiger partial charge on any atom is 0.247 e. The van der Waals surface area contributed by atoms with Crippen LogP contribution in [0.2, 0.25) is 4.34 Å². The molecule has 5 nitrogen and oxygen atoms in total. The van der Waals surface area contributed by atoms with Gasteiger partial charge >= 0.3 is 0 Å². The second-order valence-electron chi connectivity index (χ2n) is 8.53. The fraction of sp³-hybridized carbons (Fsp3) is 0.207. The first-order chi connectivity index (χ1) is 18.1. The van der Waals surface area contributed by atoms with Crippen LogP contribution >= 0.6 is 34.3 Å². The second kappa shape index (κ2) is 11.5. The van der Waals surface area contributed by atoms with Crippen LogP contribution in [0.4, 0.5) is 5.00 Å². The highest BCUT2D eigenvalue weighted by molar-refractivity contribution is 7.18. The van der Waals surface area contributed by atoms with Crippen LogP contribution < -0.4 is 0 Å². The van der Waals surface area contributed by atoms with Crippen LogP contribution in [0.25, 0.3) is 4.85 Å². The number of nitrogens with zero attached hydrogens (tertiary/aromatic N) is 1. The van der Waals surface area contributed by atoms with Gasteiger partial charge in [0.1, 0.15) is 6.10 Å². The zero-order valence-corrected chi connectivity index (χ0v) is 22.1. The fourth-order valence-corrected chi connectivity index (χ4v) is 6.62. The van der Waals surface area contributed by atoms with E-state index in [9.17, 15) is 9.59 Å². The number of benzene rings is 2. The molecule has 2 aromatic heterocycles. The molecule has 0 radical (unpaired) electrons. The number of aldehydes is 2. The zero-order valence-electron chi connectivity index (χ0n) is 19.7. The third-order valence-electron chi connectivity index (χ3n) is 6.38. The molecule has 4 heterocycles. The maximum atomic E-state index is 10.9. The van der Waals surface area contributed by atoms with E-state index < -0.39 is 0 Å². The predicted octanol–water partition coefficient (Wildman–Crippen LogP) is 7.65. The third kappa shape index (κ3) is 5.30. The molecule has 2 aliphatic rings. The molecule has 0 saturated carbocycles. The lowest BCUT2D eigenvalue weighted by Gasteiger charge is -2.26. The zero-order chi connectivity index (χ0) is 25.8. The average molecular weight is 548 g/mol. The van der Waals surface area contributed by atoms with Gasteiger partial charge in [-0.15, -0.1) is 11.3 Å². The molecule has 0 N–H and O–H groups in total. The highest BCUT2D eigenvalue weighted by Gasteiger charge is 2.27. The molecule has 0 spiro atoms. The van der Waals surface area contributed by atoms with Gasteiger partial charge in [0.05, 0.1) is 40.0 Å². The minimum absolute atomic E-state index is 0.146. The van der Waals surface area contributed by atoms with Crippen LogP contribution in [-0.4, -0.2) is 25.8 Å². The van der Waals surface area contributed by atoms with E-state index in [1.54, 1.807) is 6.07 Å². The van der Waals surface area contributed by atoms with Gasteiger partial charge in [-0.25, -0.2) is 4.85 Å². The van der Waals surface area contributed by atoms with Gasteiger partial charge in [0.25, 0.3) is 0 Å². The normalized spacial score (nSPS) is 17.9. The Labute approximate surface area is 228 Å². The monoisotopic (exact) mass is 547 g/mol. The summed E-state index contributed by atoms with van der Waals surface area (Å²) in [5.41, 5.74) is 6.53. The van der Waals surface area contributed by atoms with Crippen LogP contribution in [0.1, 0.15) is 64.9 Å². The number of rotatable bonds is 4. The standard InChI is InChI=1S/C15H11NO2S.C14H11ClO2S/c1-16-15-13(8-11(9-17)19-15)14-12-5-3-2-4-10(12)6-7-18-14;15-14-12(7-10(8-16)18-14)13-11-4-2-1-3-9(11)5-6-17-13/h2-5,8-9,14H,6-7H2;1-4,7-8,13H,5-6H2. The highest BCUT2D eigenvalue weighted by Crippen LogP contribution is 2.42. The Morgan fingerprint density at radius 2 is 1.30 bits per heavy atom. The summed E-state index contributed by atoms with van der Waals surface area (Å²) in [6.45, 7) is 8.57. The molecule has 0 saturated heterocycles. The van der Waals surface area contributed by atoms with Crippen LogP contribution in [-0.2, 0) is 22.3 Å². The Balaban J connectivity index is 0.000000152. The molecule has 186 valence electrons. The summed E-state index contributed by atoms with van der Waals surface area (Å²) in [7, 11) is 0. The molecule has 4 aromatic rings. The van der Waals surface area contributed by atoms with Crippen LogP contribution in [0.15, 0.2) is 60.7 Å². The summed E-state index contributed by atoms with van der Waals surface area (Å²) in [6.07, 6.45) is 3.07. The Kier molecular flexibility index (Phi) is 7.94. The average Bonchev–Trinajstić information content (AvgIpc) is 3.55. The fourth-order valence-electron chi connectivity index (χ4n) is 4.69. The van der Waals surface area contributed by atoms with Crippen molar-refractivity contribution in [3.63, 3.8) is 0 Å². The molecule has 6 rings (SSSR count). The molecule has 0 bridgehead atoms. The third-order valence-corrected chi connectivity index (χ3v) is 8.66. The number of halogens is 1. The molecule has 0 amide bonds. The minimum atomic E-state index is -0.223. The van der Waals surface area contributed by atoms with Gasteiger partial charge in [-0.1, -0.05) is 60.1 Å². The van der Waals surface area contributed by atoms with Gasteiger partial charge in [-0.3, -0.25) is 9.59 Å². The Morgan fingerprint density at radius 3 is 1.84 bits per heavy atom. The number of fused-ring (bicyclic) bond motifs is 2. The van der Waals surface area contributed by atoms with Crippen molar-refractivity contribution in [2.24, 2.45) is 0 Å². The quantitative estimate of drug-likeness (QED) is 0.194. The summed E-state index contributed by atoms with van der Waals surface area (Å²) in [5.74, 6) is 0. The van der Waals surface area contributed by atoms with E-state index in [2.05, 4.69) is 23.0 Å². The number of thiophene rings is 2. The Morgan fingerprint density at radius 1 is 0.784 bits per heavy atom. The molecular formula is C29H22ClNO4S2. The van der Waals surface area contributed by atoms with Gasteiger partial charge in [-0.2, -0.15) is 11.3 Å². The highest BCUT2D eigenvalue weighted by atomic mass is 35.5. The van der Waals surface area contributed by atoms with Crippen LogP contribution in [0.3, 0.4) is 0 Å². The van der Waals surface area contributed by atoms with E-state index in [4.69, 9.17) is 27.6 Å². The number of ether oxygens (including phenoxy) is 2. The summed E-state index contributed by atoms with van der Waals surface area (Å²) in [4.78, 5) is 26.4. The van der Waals surface area contributed by atoms with E-state index in [0.29, 0.717) is 32.3 Å². The van der Waals surface area contributed by atoms with Gasteiger partial charge < -0.3 is 9.47 Å². The molecule has 2 aliphatic heterocycles. The first-order valence-corrected chi connectivity index (χ1v) is 13.7. The summed E-state index contributed by atoms with van der Waals surface area (Å²) in [6, 6.07) is 19.9. The summed E-state index contributed by atoms with van der Waals surface area (Å²) < 4.78 is 12.3. The van der Waals surface area contributed by atoms with Gasteiger partial charge in [0.15, 0.2) is 12.6 Å². The van der Waals surface area contributed by atoms with Gasteiger partial charge in [0, 0.05) is 11.1 Å².